The van der Waals surface area contributed by atoms with Gasteiger partial charge >= 0.3 is 12.1 Å². The molecule has 0 aliphatic heterocycles. The molecule has 1 heterocycles. The largest absolute Gasteiger partial charge is 0.481 e. The van der Waals surface area contributed by atoms with E-state index in [1.54, 1.807) is 0 Å². The molecule has 5 rings (SSSR count). The molecule has 4 aromatic rings. The van der Waals surface area contributed by atoms with Crippen molar-refractivity contribution in [3.8, 4) is 11.1 Å². The zero-order chi connectivity index (χ0) is 22.1. The van der Waals surface area contributed by atoms with Crippen molar-refractivity contribution in [3.63, 3.8) is 0 Å². The van der Waals surface area contributed by atoms with Gasteiger partial charge in [0.2, 0.25) is 0 Å². The van der Waals surface area contributed by atoms with E-state index in [1.807, 2.05) is 42.5 Å². The molecule has 160 valence electrons. The number of carbonyl (C=O) groups is 2. The van der Waals surface area contributed by atoms with Gasteiger partial charge in [-0.2, -0.15) is 0 Å². The highest BCUT2D eigenvalue weighted by Gasteiger charge is 2.29. The molecule has 1 amide bonds. The van der Waals surface area contributed by atoms with Crippen LogP contribution in [0.2, 0.25) is 0 Å². The van der Waals surface area contributed by atoms with Gasteiger partial charge in [-0.1, -0.05) is 65.9 Å². The van der Waals surface area contributed by atoms with E-state index in [0.29, 0.717) is 11.6 Å². The van der Waals surface area contributed by atoms with Gasteiger partial charge in [-0.3, -0.25) is 10.1 Å². The number of aromatic nitrogens is 1. The van der Waals surface area contributed by atoms with Crippen LogP contribution in [0.25, 0.3) is 21.3 Å². The number of carboxylic acids is 1. The summed E-state index contributed by atoms with van der Waals surface area (Å²) in [6.07, 6.45) is -0.00923. The first-order valence-electron chi connectivity index (χ1n) is 10.3. The van der Waals surface area contributed by atoms with E-state index in [2.05, 4.69) is 34.6 Å². The van der Waals surface area contributed by atoms with Gasteiger partial charge in [0.05, 0.1) is 10.2 Å². The summed E-state index contributed by atoms with van der Waals surface area (Å²) in [4.78, 5) is 27.7. The minimum atomic E-state index is -0.827. The number of thiazole rings is 1. The maximum atomic E-state index is 12.5. The summed E-state index contributed by atoms with van der Waals surface area (Å²) in [7, 11) is 0. The number of rotatable bonds is 6. The molecular formula is C25H20N2O4S. The van der Waals surface area contributed by atoms with E-state index in [-0.39, 0.29) is 18.9 Å². The highest BCUT2D eigenvalue weighted by Crippen LogP contribution is 2.44. The monoisotopic (exact) mass is 444 g/mol. The molecular weight excluding hydrogens is 424 g/mol. The minimum absolute atomic E-state index is 0.000288. The van der Waals surface area contributed by atoms with Crippen molar-refractivity contribution in [2.45, 2.75) is 18.8 Å². The van der Waals surface area contributed by atoms with Crippen LogP contribution in [0.1, 0.15) is 29.0 Å². The molecule has 0 saturated carbocycles. The number of anilines is 1. The third kappa shape index (κ3) is 3.94. The van der Waals surface area contributed by atoms with Gasteiger partial charge in [-0.05, 0) is 46.4 Å². The number of hydrogen-bond acceptors (Lipinski definition) is 5. The number of nitrogens with one attached hydrogen (secondary N) is 1. The molecule has 0 fully saturated rings. The highest BCUT2D eigenvalue weighted by atomic mass is 32.1. The molecule has 1 aliphatic carbocycles. The molecule has 7 heteroatoms. The van der Waals surface area contributed by atoms with E-state index < -0.39 is 12.1 Å². The second-order valence-electron chi connectivity index (χ2n) is 7.67. The summed E-state index contributed by atoms with van der Waals surface area (Å²) >= 11 is 1.34. The molecule has 0 unspecified atom stereocenters. The second-order valence-corrected chi connectivity index (χ2v) is 8.70. The molecule has 0 bridgehead atoms. The molecule has 1 aromatic heterocycles. The third-order valence-electron chi connectivity index (χ3n) is 5.63. The lowest BCUT2D eigenvalue weighted by atomic mass is 9.98. The Kier molecular flexibility index (Phi) is 5.33. The van der Waals surface area contributed by atoms with Gasteiger partial charge in [0.15, 0.2) is 5.13 Å². The van der Waals surface area contributed by atoms with Crippen molar-refractivity contribution in [2.24, 2.45) is 0 Å². The molecule has 0 atom stereocenters. The van der Waals surface area contributed by atoms with Gasteiger partial charge in [0.25, 0.3) is 0 Å². The quantitative estimate of drug-likeness (QED) is 0.400. The van der Waals surface area contributed by atoms with Crippen LogP contribution in [-0.4, -0.2) is 28.8 Å². The normalized spacial score (nSPS) is 12.4. The Morgan fingerprint density at radius 2 is 1.69 bits per heavy atom. The standard InChI is InChI=1S/C25H20N2O4S/c28-23(29)12-10-15-9-11-21-22(13-15)32-24(26-21)27-25(30)31-14-20-18-7-3-1-5-16(18)17-6-2-4-8-19(17)20/h1-9,11,13,20H,10,12,14H2,(H,28,29)(H,26,27,30). The maximum absolute atomic E-state index is 12.5. The number of carboxylic acid groups (broad SMARTS) is 1. The lowest BCUT2D eigenvalue weighted by Crippen LogP contribution is -2.17. The van der Waals surface area contributed by atoms with Crippen LogP contribution < -0.4 is 5.32 Å². The fourth-order valence-electron chi connectivity index (χ4n) is 4.15. The van der Waals surface area contributed by atoms with Gasteiger partial charge in [0.1, 0.15) is 6.61 Å². The molecule has 2 N–H and O–H groups in total. The van der Waals surface area contributed by atoms with Crippen LogP contribution in [0, 0.1) is 0 Å². The molecule has 0 spiro atoms. The van der Waals surface area contributed by atoms with Gasteiger partial charge in [-0.25, -0.2) is 9.78 Å². The first-order chi connectivity index (χ1) is 15.6. The Balaban J connectivity index is 1.26. The third-order valence-corrected chi connectivity index (χ3v) is 6.57. The summed E-state index contributed by atoms with van der Waals surface area (Å²) in [5.41, 5.74) is 6.37. The lowest BCUT2D eigenvalue weighted by Gasteiger charge is -2.14. The van der Waals surface area contributed by atoms with E-state index in [4.69, 9.17) is 9.84 Å². The van der Waals surface area contributed by atoms with Crippen molar-refractivity contribution < 1.29 is 19.4 Å². The van der Waals surface area contributed by atoms with Crippen LogP contribution in [0.5, 0.6) is 0 Å². The van der Waals surface area contributed by atoms with Crippen molar-refractivity contribution in [3.05, 3.63) is 83.4 Å². The van der Waals surface area contributed by atoms with Crippen molar-refractivity contribution in [2.75, 3.05) is 11.9 Å². The first kappa shape index (κ1) is 20.2. The van der Waals surface area contributed by atoms with E-state index in [1.165, 1.54) is 22.5 Å². The fraction of sp³-hybridized carbons (Fsp3) is 0.160. The lowest BCUT2D eigenvalue weighted by molar-refractivity contribution is -0.136. The SMILES string of the molecule is O=C(O)CCc1ccc2nc(NC(=O)OCC3c4ccccc4-c4ccccc43)sc2c1. The Hall–Kier alpha value is -3.71. The number of fused-ring (bicyclic) bond motifs is 4. The number of benzene rings is 3. The van der Waals surface area contributed by atoms with E-state index >= 15 is 0 Å². The van der Waals surface area contributed by atoms with Crippen LogP contribution >= 0.6 is 11.3 Å². The fourth-order valence-corrected chi connectivity index (χ4v) is 5.07. The number of nitrogens with zero attached hydrogens (tertiary/aromatic N) is 1. The number of amides is 1. The molecule has 32 heavy (non-hydrogen) atoms. The van der Waals surface area contributed by atoms with Gasteiger partial charge in [-0.15, -0.1) is 0 Å². The van der Waals surface area contributed by atoms with Crippen LogP contribution in [0.3, 0.4) is 0 Å². The first-order valence-corrected chi connectivity index (χ1v) is 11.1. The zero-order valence-corrected chi connectivity index (χ0v) is 17.9. The number of hydrogen-bond donors (Lipinski definition) is 2. The highest BCUT2D eigenvalue weighted by molar-refractivity contribution is 7.22. The topological polar surface area (TPSA) is 88.5 Å². The van der Waals surface area contributed by atoms with E-state index in [0.717, 1.165) is 26.9 Å². The van der Waals surface area contributed by atoms with Crippen molar-refractivity contribution in [1.29, 1.82) is 0 Å². The molecule has 0 radical (unpaired) electrons. The number of carbonyl (C=O) groups excluding carboxylic acids is 1. The van der Waals surface area contributed by atoms with Crippen LogP contribution in [-0.2, 0) is 16.0 Å². The smallest absolute Gasteiger partial charge is 0.413 e. The number of aliphatic carboxylic acids is 1. The van der Waals surface area contributed by atoms with E-state index in [9.17, 15) is 9.59 Å². The van der Waals surface area contributed by atoms with Crippen molar-refractivity contribution in [1.82, 2.24) is 4.98 Å². The average molecular weight is 445 g/mol. The Morgan fingerprint density at radius 1 is 1.00 bits per heavy atom. The Bertz CT molecular complexity index is 1290. The molecule has 6 nitrogen and oxygen atoms in total. The molecule has 1 aliphatic rings. The Morgan fingerprint density at radius 3 is 2.38 bits per heavy atom. The number of ether oxygens (including phenoxy) is 1. The molecule has 0 saturated heterocycles. The predicted molar refractivity (Wildman–Crippen MR) is 124 cm³/mol. The Labute approximate surface area is 188 Å². The molecule has 3 aromatic carbocycles. The van der Waals surface area contributed by atoms with Crippen molar-refractivity contribution >= 4 is 38.7 Å². The maximum Gasteiger partial charge on any atom is 0.413 e. The van der Waals surface area contributed by atoms with Crippen LogP contribution in [0.4, 0.5) is 9.93 Å². The summed E-state index contributed by atoms with van der Waals surface area (Å²) in [6.45, 7) is 0.240. The average Bonchev–Trinajstić information content (AvgIpc) is 3.34. The van der Waals surface area contributed by atoms with Crippen LogP contribution in [0.15, 0.2) is 66.7 Å². The summed E-state index contributed by atoms with van der Waals surface area (Å²) in [6, 6.07) is 22.0. The zero-order valence-electron chi connectivity index (χ0n) is 17.1. The van der Waals surface area contributed by atoms with Gasteiger partial charge in [0, 0.05) is 12.3 Å². The summed E-state index contributed by atoms with van der Waals surface area (Å²) in [5, 5.41) is 12.0. The number of aryl methyl sites for hydroxylation is 1. The summed E-state index contributed by atoms with van der Waals surface area (Å²) < 4.78 is 6.47. The minimum Gasteiger partial charge on any atom is -0.481 e. The predicted octanol–water partition coefficient (Wildman–Crippen LogP) is 5.67. The summed E-state index contributed by atoms with van der Waals surface area (Å²) in [5.74, 6) is -0.827. The second kappa shape index (κ2) is 8.43. The van der Waals surface area contributed by atoms with Gasteiger partial charge < -0.3 is 9.84 Å².